The molecule has 8 nitrogen and oxygen atoms in total. The fourth-order valence-corrected chi connectivity index (χ4v) is 2.12. The lowest BCUT2D eigenvalue weighted by atomic mass is 10.2. The van der Waals surface area contributed by atoms with Gasteiger partial charge in [0.1, 0.15) is 5.60 Å². The number of ether oxygens (including phenoxy) is 1. The van der Waals surface area contributed by atoms with E-state index in [2.05, 4.69) is 25.4 Å². The molecule has 3 heterocycles. The Hall–Kier alpha value is -3.29. The highest BCUT2D eigenvalue weighted by Gasteiger charge is 2.16. The van der Waals surface area contributed by atoms with Gasteiger partial charge in [0.2, 0.25) is 0 Å². The van der Waals surface area contributed by atoms with Crippen LogP contribution in [0.4, 0.5) is 10.5 Å². The smallest absolute Gasteiger partial charge is 0.412 e. The van der Waals surface area contributed by atoms with Crippen molar-refractivity contribution in [1.82, 2.24) is 24.7 Å². The lowest BCUT2D eigenvalue weighted by Gasteiger charge is -2.19. The van der Waals surface area contributed by atoms with Crippen molar-refractivity contribution in [3.05, 3.63) is 49.2 Å². The first-order valence-electron chi connectivity index (χ1n) is 7.69. The number of nitrogens with one attached hydrogen (secondary N) is 1. The van der Waals surface area contributed by atoms with E-state index in [-0.39, 0.29) is 0 Å². The van der Waals surface area contributed by atoms with Crippen LogP contribution in [0.2, 0.25) is 0 Å². The van der Waals surface area contributed by atoms with E-state index in [4.69, 9.17) is 4.74 Å². The van der Waals surface area contributed by atoms with Gasteiger partial charge < -0.3 is 4.74 Å². The molecule has 3 aromatic rings. The highest BCUT2D eigenvalue weighted by molar-refractivity contribution is 5.84. The fraction of sp³-hybridized carbons (Fsp3) is 0.235. The summed E-state index contributed by atoms with van der Waals surface area (Å²) in [6.07, 6.45) is 7.52. The van der Waals surface area contributed by atoms with Crippen LogP contribution in [-0.4, -0.2) is 36.4 Å². The summed E-state index contributed by atoms with van der Waals surface area (Å²) in [5, 5.41) is 6.91. The van der Waals surface area contributed by atoms with Gasteiger partial charge in [-0.05, 0) is 39.0 Å². The van der Waals surface area contributed by atoms with Gasteiger partial charge in [-0.25, -0.2) is 14.5 Å². The molecule has 0 unspecified atom stereocenters. The van der Waals surface area contributed by atoms with Crippen LogP contribution < -0.4 is 5.32 Å². The number of carbonyl (C=O) groups excluding carboxylic acids is 1. The molecular weight excluding hydrogens is 320 g/mol. The van der Waals surface area contributed by atoms with Crippen molar-refractivity contribution in [2.45, 2.75) is 26.4 Å². The topological polar surface area (TPSA) is 94.8 Å². The van der Waals surface area contributed by atoms with E-state index in [1.54, 1.807) is 47.8 Å². The number of carbonyl (C=O) groups is 1. The van der Waals surface area contributed by atoms with Crippen LogP contribution in [0.5, 0.6) is 0 Å². The van der Waals surface area contributed by atoms with E-state index in [1.807, 2.05) is 26.8 Å². The summed E-state index contributed by atoms with van der Waals surface area (Å²) < 4.78 is 6.86. The molecule has 0 saturated carbocycles. The SMILES string of the molecule is CC(C)(C)OC(=O)Nc1ccc(-c2ccnn2-c2cnccn2)nc1. The Morgan fingerprint density at radius 3 is 2.56 bits per heavy atom. The third kappa shape index (κ3) is 4.17. The van der Waals surface area contributed by atoms with E-state index in [1.165, 1.54) is 0 Å². The molecule has 0 radical (unpaired) electrons. The van der Waals surface area contributed by atoms with E-state index >= 15 is 0 Å². The van der Waals surface area contributed by atoms with Crippen LogP contribution in [0.3, 0.4) is 0 Å². The van der Waals surface area contributed by atoms with Crippen molar-refractivity contribution >= 4 is 11.8 Å². The zero-order chi connectivity index (χ0) is 17.9. The van der Waals surface area contributed by atoms with Crippen LogP contribution in [0, 0.1) is 0 Å². The molecule has 128 valence electrons. The number of hydrogen-bond donors (Lipinski definition) is 1. The Kier molecular flexibility index (Phi) is 4.42. The Bertz CT molecular complexity index is 853. The van der Waals surface area contributed by atoms with Gasteiger partial charge in [-0.1, -0.05) is 0 Å². The molecule has 0 aromatic carbocycles. The van der Waals surface area contributed by atoms with Crippen LogP contribution in [0.15, 0.2) is 49.2 Å². The Balaban J connectivity index is 1.78. The van der Waals surface area contributed by atoms with Crippen molar-refractivity contribution in [2.24, 2.45) is 0 Å². The minimum Gasteiger partial charge on any atom is -0.444 e. The highest BCUT2D eigenvalue weighted by atomic mass is 16.6. The third-order valence-corrected chi connectivity index (χ3v) is 3.08. The molecule has 3 rings (SSSR count). The molecule has 0 aliphatic carbocycles. The second-order valence-corrected chi connectivity index (χ2v) is 6.25. The van der Waals surface area contributed by atoms with Gasteiger partial charge >= 0.3 is 6.09 Å². The summed E-state index contributed by atoms with van der Waals surface area (Å²) in [5.74, 6) is 0.597. The first-order chi connectivity index (χ1) is 11.9. The minimum atomic E-state index is -0.555. The van der Waals surface area contributed by atoms with Crippen LogP contribution in [-0.2, 0) is 4.74 Å². The lowest BCUT2D eigenvalue weighted by molar-refractivity contribution is 0.0636. The zero-order valence-corrected chi connectivity index (χ0v) is 14.2. The summed E-state index contributed by atoms with van der Waals surface area (Å²) in [4.78, 5) is 24.4. The summed E-state index contributed by atoms with van der Waals surface area (Å²) in [7, 11) is 0. The Morgan fingerprint density at radius 2 is 1.92 bits per heavy atom. The summed E-state index contributed by atoms with van der Waals surface area (Å²) in [6, 6.07) is 5.37. The maximum absolute atomic E-state index is 11.8. The molecule has 3 aromatic heterocycles. The van der Waals surface area contributed by atoms with Crippen LogP contribution in [0.1, 0.15) is 20.8 Å². The molecule has 0 spiro atoms. The predicted molar refractivity (Wildman–Crippen MR) is 92.2 cm³/mol. The zero-order valence-electron chi connectivity index (χ0n) is 14.2. The van der Waals surface area contributed by atoms with Gasteiger partial charge in [0.05, 0.1) is 35.7 Å². The second kappa shape index (κ2) is 6.68. The predicted octanol–water partition coefficient (Wildman–Crippen LogP) is 3.07. The first kappa shape index (κ1) is 16.6. The van der Waals surface area contributed by atoms with Gasteiger partial charge in [-0.2, -0.15) is 5.10 Å². The van der Waals surface area contributed by atoms with Crippen molar-refractivity contribution in [3.63, 3.8) is 0 Å². The first-order valence-corrected chi connectivity index (χ1v) is 7.69. The maximum atomic E-state index is 11.8. The van der Waals surface area contributed by atoms with Crippen LogP contribution in [0.25, 0.3) is 17.2 Å². The average Bonchev–Trinajstić information content (AvgIpc) is 3.04. The van der Waals surface area contributed by atoms with Gasteiger partial charge in [0, 0.05) is 12.4 Å². The quantitative estimate of drug-likeness (QED) is 0.788. The number of aromatic nitrogens is 5. The lowest BCUT2D eigenvalue weighted by Crippen LogP contribution is -2.27. The van der Waals surface area contributed by atoms with E-state index in [0.29, 0.717) is 17.2 Å². The normalized spacial score (nSPS) is 11.2. The van der Waals surface area contributed by atoms with Crippen molar-refractivity contribution in [2.75, 3.05) is 5.32 Å². The average molecular weight is 338 g/mol. The fourth-order valence-electron chi connectivity index (χ4n) is 2.12. The van der Waals surface area contributed by atoms with E-state index < -0.39 is 11.7 Å². The maximum Gasteiger partial charge on any atom is 0.412 e. The summed E-state index contributed by atoms with van der Waals surface area (Å²) >= 11 is 0. The number of hydrogen-bond acceptors (Lipinski definition) is 6. The monoisotopic (exact) mass is 338 g/mol. The van der Waals surface area contributed by atoms with Crippen LogP contribution >= 0.6 is 0 Å². The molecule has 0 aliphatic heterocycles. The molecular formula is C17H18N6O2. The molecule has 1 amide bonds. The third-order valence-electron chi connectivity index (χ3n) is 3.08. The number of nitrogens with zero attached hydrogens (tertiary/aromatic N) is 5. The van der Waals surface area contributed by atoms with Gasteiger partial charge in [-0.15, -0.1) is 0 Å². The molecule has 0 atom stereocenters. The van der Waals surface area contributed by atoms with Crippen molar-refractivity contribution < 1.29 is 9.53 Å². The number of anilines is 1. The second-order valence-electron chi connectivity index (χ2n) is 6.25. The van der Waals surface area contributed by atoms with Gasteiger partial charge in [-0.3, -0.25) is 15.3 Å². The molecule has 0 fully saturated rings. The van der Waals surface area contributed by atoms with Crippen molar-refractivity contribution in [3.8, 4) is 17.2 Å². The molecule has 8 heteroatoms. The number of pyridine rings is 1. The number of rotatable bonds is 3. The number of amides is 1. The minimum absolute atomic E-state index is 0.522. The standard InChI is InChI=1S/C17H18N6O2/c1-17(2,3)25-16(24)22-12-4-5-13(20-10-12)14-6-7-21-23(14)15-11-18-8-9-19-15/h4-11H,1-3H3,(H,22,24). The van der Waals surface area contributed by atoms with E-state index in [9.17, 15) is 4.79 Å². The van der Waals surface area contributed by atoms with Crippen molar-refractivity contribution in [1.29, 1.82) is 0 Å². The molecule has 0 saturated heterocycles. The highest BCUT2D eigenvalue weighted by Crippen LogP contribution is 2.20. The molecule has 25 heavy (non-hydrogen) atoms. The summed E-state index contributed by atoms with van der Waals surface area (Å²) in [6.45, 7) is 5.42. The molecule has 0 aliphatic rings. The summed E-state index contributed by atoms with van der Waals surface area (Å²) in [5.41, 5.74) is 1.45. The Labute approximate surface area is 144 Å². The Morgan fingerprint density at radius 1 is 1.08 bits per heavy atom. The largest absolute Gasteiger partial charge is 0.444 e. The van der Waals surface area contributed by atoms with Gasteiger partial charge in [0.25, 0.3) is 0 Å². The van der Waals surface area contributed by atoms with Gasteiger partial charge in [0.15, 0.2) is 5.82 Å². The molecule has 0 bridgehead atoms. The molecule has 1 N–H and O–H groups in total. The van der Waals surface area contributed by atoms with E-state index in [0.717, 1.165) is 5.69 Å².